The number of fused-ring (bicyclic) bond motifs is 1. The van der Waals surface area contributed by atoms with Crippen molar-refractivity contribution in [1.82, 2.24) is 14.8 Å². The fraction of sp³-hybridized carbons (Fsp3) is 0.462. The van der Waals surface area contributed by atoms with E-state index in [0.717, 1.165) is 35.0 Å². The van der Waals surface area contributed by atoms with Crippen LogP contribution in [0.5, 0.6) is 0 Å². The zero-order valence-electron chi connectivity index (χ0n) is 11.1. The molecular weight excluding hydrogens is 260 g/mol. The van der Waals surface area contributed by atoms with Crippen LogP contribution >= 0.6 is 11.3 Å². The van der Waals surface area contributed by atoms with Gasteiger partial charge >= 0.3 is 0 Å². The molecule has 6 heteroatoms. The first-order valence-electron chi connectivity index (χ1n) is 6.35. The van der Waals surface area contributed by atoms with Crippen molar-refractivity contribution in [3.63, 3.8) is 0 Å². The van der Waals surface area contributed by atoms with Crippen molar-refractivity contribution in [3.05, 3.63) is 28.5 Å². The van der Waals surface area contributed by atoms with E-state index in [-0.39, 0.29) is 5.78 Å². The summed E-state index contributed by atoms with van der Waals surface area (Å²) in [4.78, 5) is 19.5. The van der Waals surface area contributed by atoms with Gasteiger partial charge in [0.05, 0.1) is 6.20 Å². The van der Waals surface area contributed by atoms with E-state index in [2.05, 4.69) is 15.0 Å². The number of aromatic nitrogens is 3. The van der Waals surface area contributed by atoms with Crippen LogP contribution in [0.25, 0.3) is 0 Å². The molecule has 3 rings (SSSR count). The van der Waals surface area contributed by atoms with Crippen molar-refractivity contribution in [2.24, 2.45) is 7.05 Å². The van der Waals surface area contributed by atoms with Crippen LogP contribution in [-0.4, -0.2) is 27.6 Å². The molecule has 2 aromatic heterocycles. The maximum Gasteiger partial charge on any atom is 0.186 e. The van der Waals surface area contributed by atoms with E-state index >= 15 is 0 Å². The van der Waals surface area contributed by atoms with Crippen LogP contribution in [0.4, 0.5) is 5.13 Å². The zero-order chi connectivity index (χ0) is 13.4. The normalized spacial score (nSPS) is 14.5. The number of Topliss-reactive ketones (excluding diaryl/α,β-unsaturated/α-hetero) is 1. The number of carbonyl (C=O) groups is 1. The van der Waals surface area contributed by atoms with Crippen molar-refractivity contribution in [2.45, 2.75) is 25.8 Å². The van der Waals surface area contributed by atoms with E-state index in [0.29, 0.717) is 12.1 Å². The zero-order valence-corrected chi connectivity index (χ0v) is 11.9. The highest BCUT2D eigenvalue weighted by atomic mass is 32.1. The highest BCUT2D eigenvalue weighted by Gasteiger charge is 2.23. The van der Waals surface area contributed by atoms with Gasteiger partial charge in [-0.2, -0.15) is 5.10 Å². The summed E-state index contributed by atoms with van der Waals surface area (Å²) in [5.74, 6) is 0.193. The highest BCUT2D eigenvalue weighted by Crippen LogP contribution is 2.31. The smallest absolute Gasteiger partial charge is 0.186 e. The Morgan fingerprint density at radius 3 is 3.00 bits per heavy atom. The van der Waals surface area contributed by atoms with Crippen LogP contribution < -0.4 is 4.90 Å². The fourth-order valence-corrected chi connectivity index (χ4v) is 3.39. The number of ketones is 1. The van der Waals surface area contributed by atoms with Crippen molar-refractivity contribution in [3.8, 4) is 0 Å². The molecule has 0 aliphatic heterocycles. The van der Waals surface area contributed by atoms with Gasteiger partial charge in [0.1, 0.15) is 5.69 Å². The molecule has 0 N–H and O–H groups in total. The van der Waals surface area contributed by atoms with Crippen LogP contribution in [0.15, 0.2) is 12.4 Å². The largest absolute Gasteiger partial charge is 0.347 e. The fourth-order valence-electron chi connectivity index (χ4n) is 2.31. The summed E-state index contributed by atoms with van der Waals surface area (Å²) in [6, 6.07) is 0. The monoisotopic (exact) mass is 276 g/mol. The number of rotatable bonds is 3. The molecule has 0 aromatic carbocycles. The molecule has 0 saturated carbocycles. The molecule has 0 saturated heterocycles. The Morgan fingerprint density at radius 2 is 2.32 bits per heavy atom. The molecule has 0 spiro atoms. The van der Waals surface area contributed by atoms with Crippen molar-refractivity contribution in [2.75, 3.05) is 11.9 Å². The third-order valence-electron chi connectivity index (χ3n) is 3.26. The van der Waals surface area contributed by atoms with Crippen LogP contribution in [-0.2, 0) is 20.0 Å². The second kappa shape index (κ2) is 4.77. The van der Waals surface area contributed by atoms with Crippen LogP contribution in [0, 0.1) is 0 Å². The van der Waals surface area contributed by atoms with Gasteiger partial charge in [-0.15, -0.1) is 11.3 Å². The molecule has 2 heterocycles. The Morgan fingerprint density at radius 1 is 1.47 bits per heavy atom. The van der Waals surface area contributed by atoms with Gasteiger partial charge < -0.3 is 4.90 Å². The summed E-state index contributed by atoms with van der Waals surface area (Å²) in [5.41, 5.74) is 1.84. The lowest BCUT2D eigenvalue weighted by Crippen LogP contribution is -2.16. The number of hydrogen-bond acceptors (Lipinski definition) is 5. The second-order valence-corrected chi connectivity index (χ2v) is 5.99. The molecule has 0 unspecified atom stereocenters. The molecule has 0 atom stereocenters. The molecule has 2 aromatic rings. The van der Waals surface area contributed by atoms with Gasteiger partial charge in [-0.3, -0.25) is 9.48 Å². The second-order valence-electron chi connectivity index (χ2n) is 4.92. The molecule has 19 heavy (non-hydrogen) atoms. The number of anilines is 1. The third kappa shape index (κ3) is 2.40. The maximum atomic E-state index is 11.8. The minimum Gasteiger partial charge on any atom is -0.347 e. The van der Waals surface area contributed by atoms with E-state index in [4.69, 9.17) is 0 Å². The quantitative estimate of drug-likeness (QED) is 0.860. The van der Waals surface area contributed by atoms with Crippen LogP contribution in [0.1, 0.15) is 33.8 Å². The van der Waals surface area contributed by atoms with E-state index in [9.17, 15) is 4.79 Å². The van der Waals surface area contributed by atoms with Gasteiger partial charge in [0.15, 0.2) is 10.9 Å². The lowest BCUT2D eigenvalue weighted by molar-refractivity contribution is 0.0968. The SMILES string of the molecule is CN(Cc1cnn(C)c1)c1nc2c(s1)CCCC2=O. The van der Waals surface area contributed by atoms with Gasteiger partial charge in [-0.25, -0.2) is 4.98 Å². The molecule has 0 radical (unpaired) electrons. The first-order valence-corrected chi connectivity index (χ1v) is 7.16. The van der Waals surface area contributed by atoms with Gasteiger partial charge in [0.2, 0.25) is 0 Å². The number of nitrogens with zero attached hydrogens (tertiary/aromatic N) is 4. The van der Waals surface area contributed by atoms with E-state index in [1.165, 1.54) is 0 Å². The number of carbonyl (C=O) groups excluding carboxylic acids is 1. The highest BCUT2D eigenvalue weighted by molar-refractivity contribution is 7.15. The van der Waals surface area contributed by atoms with E-state index in [1.54, 1.807) is 16.0 Å². The molecule has 1 aliphatic carbocycles. The first kappa shape index (κ1) is 12.3. The predicted octanol–water partition coefficient (Wildman–Crippen LogP) is 2.03. The molecule has 5 nitrogen and oxygen atoms in total. The molecule has 100 valence electrons. The average molecular weight is 276 g/mol. The van der Waals surface area contributed by atoms with Crippen molar-refractivity contribution >= 4 is 22.3 Å². The number of hydrogen-bond donors (Lipinski definition) is 0. The summed E-state index contributed by atoms with van der Waals surface area (Å²) < 4.78 is 1.79. The van der Waals surface area contributed by atoms with Crippen molar-refractivity contribution < 1.29 is 4.79 Å². The van der Waals surface area contributed by atoms with E-state index < -0.39 is 0 Å². The van der Waals surface area contributed by atoms with Gasteiger partial charge in [0.25, 0.3) is 0 Å². The standard InChI is InChI=1S/C13H16N4OS/c1-16(7-9-6-14-17(2)8-9)13-15-12-10(18)4-3-5-11(12)19-13/h6,8H,3-5,7H2,1-2H3. The summed E-state index contributed by atoms with van der Waals surface area (Å²) in [6.45, 7) is 0.758. The van der Waals surface area contributed by atoms with Gasteiger partial charge in [-0.1, -0.05) is 0 Å². The summed E-state index contributed by atoms with van der Waals surface area (Å²) >= 11 is 1.64. The minimum atomic E-state index is 0.193. The molecule has 0 amide bonds. The van der Waals surface area contributed by atoms with Crippen LogP contribution in [0.3, 0.4) is 0 Å². The van der Waals surface area contributed by atoms with E-state index in [1.807, 2.05) is 26.5 Å². The van der Waals surface area contributed by atoms with Crippen LogP contribution in [0.2, 0.25) is 0 Å². The lowest BCUT2D eigenvalue weighted by Gasteiger charge is -2.13. The van der Waals surface area contributed by atoms with Crippen molar-refractivity contribution in [1.29, 1.82) is 0 Å². The van der Waals surface area contributed by atoms with Gasteiger partial charge in [0, 0.05) is 43.7 Å². The Bertz CT molecular complexity index is 616. The Balaban J connectivity index is 1.80. The average Bonchev–Trinajstić information content (AvgIpc) is 2.96. The predicted molar refractivity (Wildman–Crippen MR) is 74.7 cm³/mol. The minimum absolute atomic E-state index is 0.193. The molecular formula is C13H16N4OS. The topological polar surface area (TPSA) is 51.0 Å². The Labute approximate surface area is 115 Å². The first-order chi connectivity index (χ1) is 9.13. The molecule has 0 fully saturated rings. The maximum absolute atomic E-state index is 11.8. The summed E-state index contributed by atoms with van der Waals surface area (Å²) in [6.07, 6.45) is 6.44. The summed E-state index contributed by atoms with van der Waals surface area (Å²) in [7, 11) is 3.91. The molecule has 1 aliphatic rings. The van der Waals surface area contributed by atoms with Gasteiger partial charge in [-0.05, 0) is 12.8 Å². The number of thiazole rings is 1. The summed E-state index contributed by atoms with van der Waals surface area (Å²) in [5, 5.41) is 5.08. The lowest BCUT2D eigenvalue weighted by atomic mass is 10.0. The number of aryl methyl sites for hydroxylation is 2. The molecule has 0 bridgehead atoms. The third-order valence-corrected chi connectivity index (χ3v) is 4.49. The Kier molecular flexibility index (Phi) is 3.10. The Hall–Kier alpha value is -1.69.